The minimum absolute atomic E-state index is 0.0794. The van der Waals surface area contributed by atoms with E-state index in [9.17, 15) is 9.59 Å². The maximum Gasteiger partial charge on any atom is 0.257 e. The van der Waals surface area contributed by atoms with E-state index < -0.39 is 5.92 Å². The highest BCUT2D eigenvalue weighted by Gasteiger charge is 2.42. The number of Topliss-reactive ketones (excluding diaryl/α,β-unsaturated/α-hetero) is 1. The average molecular weight is 395 g/mol. The number of aromatic nitrogens is 3. The minimum Gasteiger partial charge on any atom is -0.343 e. The van der Waals surface area contributed by atoms with E-state index in [1.807, 2.05) is 12.1 Å². The van der Waals surface area contributed by atoms with Gasteiger partial charge in [0.05, 0.1) is 5.56 Å². The number of hydrogen-bond donors (Lipinski definition) is 2. The van der Waals surface area contributed by atoms with Crippen molar-refractivity contribution in [3.05, 3.63) is 69.9 Å². The van der Waals surface area contributed by atoms with Crippen LogP contribution in [0.1, 0.15) is 43.7 Å². The van der Waals surface area contributed by atoms with Gasteiger partial charge in [0, 0.05) is 41.8 Å². The molecule has 2 aromatic heterocycles. The van der Waals surface area contributed by atoms with Crippen LogP contribution in [0.4, 0.5) is 5.82 Å². The number of fused-ring (bicyclic) bond motifs is 1. The number of nitrogens with zero attached hydrogens (tertiary/aromatic N) is 2. The number of aromatic amines is 1. The van der Waals surface area contributed by atoms with E-state index in [0.29, 0.717) is 34.3 Å². The Kier molecular flexibility index (Phi) is 4.71. The van der Waals surface area contributed by atoms with Crippen molar-refractivity contribution < 1.29 is 4.79 Å². The third-order valence-electron chi connectivity index (χ3n) is 5.08. The summed E-state index contributed by atoms with van der Waals surface area (Å²) in [5.41, 5.74) is 2.54. The zero-order chi connectivity index (χ0) is 19.9. The Balaban J connectivity index is 1.92. The molecule has 28 heavy (non-hydrogen) atoms. The summed E-state index contributed by atoms with van der Waals surface area (Å²) in [5, 5.41) is 3.85. The molecule has 2 N–H and O–H groups in total. The zero-order valence-electron chi connectivity index (χ0n) is 15.9. The largest absolute Gasteiger partial charge is 0.343 e. The lowest BCUT2D eigenvalue weighted by atomic mass is 9.69. The molecule has 1 atom stereocenters. The molecule has 3 heterocycles. The Hall–Kier alpha value is -2.67. The molecule has 0 fully saturated rings. The van der Waals surface area contributed by atoms with E-state index in [4.69, 9.17) is 0 Å². The predicted octanol–water partition coefficient (Wildman–Crippen LogP) is 3.64. The lowest BCUT2D eigenvalue weighted by molar-refractivity contribution is -0.118. The van der Waals surface area contributed by atoms with Crippen LogP contribution in [-0.2, 0) is 4.79 Å². The summed E-state index contributed by atoms with van der Waals surface area (Å²) in [6, 6.07) is 3.72. The summed E-state index contributed by atoms with van der Waals surface area (Å²) >= 11 is 1.42. The van der Waals surface area contributed by atoms with Gasteiger partial charge in [0.2, 0.25) is 0 Å². The maximum atomic E-state index is 13.1. The van der Waals surface area contributed by atoms with Gasteiger partial charge in [-0.05, 0) is 29.5 Å². The van der Waals surface area contributed by atoms with Crippen LogP contribution in [0, 0.1) is 5.41 Å². The lowest BCUT2D eigenvalue weighted by Crippen LogP contribution is -2.37. The molecule has 0 aromatic carbocycles. The third-order valence-corrected chi connectivity index (χ3v) is 5.95. The van der Waals surface area contributed by atoms with Gasteiger partial charge in [-0.25, -0.2) is 4.98 Å². The van der Waals surface area contributed by atoms with Crippen molar-refractivity contribution in [2.75, 3.05) is 11.1 Å². The van der Waals surface area contributed by atoms with Crippen LogP contribution >= 0.6 is 11.8 Å². The van der Waals surface area contributed by atoms with Gasteiger partial charge in [0.15, 0.2) is 10.9 Å². The van der Waals surface area contributed by atoms with Crippen LogP contribution < -0.4 is 10.9 Å². The number of rotatable bonds is 4. The van der Waals surface area contributed by atoms with Crippen LogP contribution in [0.3, 0.4) is 0 Å². The molecule has 7 heteroatoms. The third kappa shape index (κ3) is 3.30. The Labute approximate surface area is 167 Å². The quantitative estimate of drug-likeness (QED) is 0.468. The number of anilines is 1. The molecule has 0 bridgehead atoms. The molecule has 0 radical (unpaired) electrons. The van der Waals surface area contributed by atoms with Gasteiger partial charge in [-0.15, -0.1) is 6.58 Å². The number of pyridine rings is 1. The molecule has 2 aliphatic rings. The smallest absolute Gasteiger partial charge is 0.257 e. The number of thioether (sulfide) groups is 1. The summed E-state index contributed by atoms with van der Waals surface area (Å²) in [6.45, 7) is 7.88. The second kappa shape index (κ2) is 7.05. The fourth-order valence-electron chi connectivity index (χ4n) is 3.99. The van der Waals surface area contributed by atoms with Crippen molar-refractivity contribution in [2.24, 2.45) is 5.41 Å². The van der Waals surface area contributed by atoms with Gasteiger partial charge in [-0.2, -0.15) is 0 Å². The van der Waals surface area contributed by atoms with Gasteiger partial charge < -0.3 is 10.3 Å². The van der Waals surface area contributed by atoms with Gasteiger partial charge in [-0.3, -0.25) is 14.6 Å². The number of nitrogens with one attached hydrogen (secondary N) is 2. The molecule has 0 spiro atoms. The van der Waals surface area contributed by atoms with Crippen molar-refractivity contribution in [1.82, 2.24) is 15.0 Å². The number of ketones is 1. The molecule has 2 aromatic rings. The van der Waals surface area contributed by atoms with Gasteiger partial charge in [0.25, 0.3) is 5.56 Å². The Morgan fingerprint density at radius 3 is 2.75 bits per heavy atom. The predicted molar refractivity (Wildman–Crippen MR) is 111 cm³/mol. The first-order chi connectivity index (χ1) is 13.4. The lowest BCUT2D eigenvalue weighted by Gasteiger charge is -2.38. The maximum absolute atomic E-state index is 13.1. The highest BCUT2D eigenvalue weighted by molar-refractivity contribution is 7.99. The highest BCUT2D eigenvalue weighted by Crippen LogP contribution is 2.47. The number of H-pyrrole nitrogens is 1. The van der Waals surface area contributed by atoms with Gasteiger partial charge in [0.1, 0.15) is 5.82 Å². The SMILES string of the molecule is C=CCSc1nc2c(c(=O)[nH]1)C(c1ccncc1)C1=C(CC(C)(C)CC1=O)N2. The molecule has 1 unspecified atom stereocenters. The molecule has 1 aliphatic heterocycles. The molecule has 0 saturated carbocycles. The molecule has 0 amide bonds. The Morgan fingerprint density at radius 1 is 1.29 bits per heavy atom. The van der Waals surface area contributed by atoms with E-state index in [1.165, 1.54) is 11.8 Å². The van der Waals surface area contributed by atoms with E-state index >= 15 is 0 Å². The summed E-state index contributed by atoms with van der Waals surface area (Å²) < 4.78 is 0. The van der Waals surface area contributed by atoms with Gasteiger partial charge in [-0.1, -0.05) is 31.7 Å². The molecule has 6 nitrogen and oxygen atoms in total. The number of hydrogen-bond acceptors (Lipinski definition) is 6. The second-order valence-corrected chi connectivity index (χ2v) is 8.91. The molecule has 144 valence electrons. The topological polar surface area (TPSA) is 87.7 Å². The number of allylic oxidation sites excluding steroid dienone is 2. The van der Waals surface area contributed by atoms with Crippen molar-refractivity contribution in [1.29, 1.82) is 0 Å². The minimum atomic E-state index is -0.437. The van der Waals surface area contributed by atoms with E-state index in [1.54, 1.807) is 18.5 Å². The Bertz CT molecular complexity index is 1040. The summed E-state index contributed by atoms with van der Waals surface area (Å²) in [5.74, 6) is 0.819. The zero-order valence-corrected chi connectivity index (χ0v) is 16.7. The summed E-state index contributed by atoms with van der Waals surface area (Å²) in [6.07, 6.45) is 6.33. The first-order valence-corrected chi connectivity index (χ1v) is 10.2. The number of carbonyl (C=O) groups excluding carboxylic acids is 1. The standard InChI is InChI=1S/C21H22N4O2S/c1-4-9-28-20-24-18-17(19(27)25-20)15(12-5-7-22-8-6-12)16-13(23-18)10-21(2,3)11-14(16)26/h4-8,15H,1,9-11H2,2-3H3,(H2,23,24,25,27). The van der Waals surface area contributed by atoms with E-state index in [0.717, 1.165) is 17.7 Å². The Morgan fingerprint density at radius 2 is 2.04 bits per heavy atom. The van der Waals surface area contributed by atoms with E-state index in [-0.39, 0.29) is 16.8 Å². The fraction of sp³-hybridized carbons (Fsp3) is 0.333. The van der Waals surface area contributed by atoms with E-state index in [2.05, 4.69) is 40.7 Å². The first kappa shape index (κ1) is 18.7. The van der Waals surface area contributed by atoms with Crippen molar-refractivity contribution in [3.8, 4) is 0 Å². The van der Waals surface area contributed by atoms with Gasteiger partial charge >= 0.3 is 0 Å². The summed E-state index contributed by atoms with van der Waals surface area (Å²) in [7, 11) is 0. The molecular formula is C21H22N4O2S. The molecule has 4 rings (SSSR count). The monoisotopic (exact) mass is 394 g/mol. The highest BCUT2D eigenvalue weighted by atomic mass is 32.2. The fourth-order valence-corrected chi connectivity index (χ4v) is 4.59. The van der Waals surface area contributed by atoms with Crippen LogP contribution in [0.5, 0.6) is 0 Å². The summed E-state index contributed by atoms with van der Waals surface area (Å²) in [4.78, 5) is 37.7. The van der Waals surface area contributed by atoms with Crippen molar-refractivity contribution >= 4 is 23.4 Å². The normalized spacial score (nSPS) is 20.2. The van der Waals surface area contributed by atoms with Crippen molar-refractivity contribution in [3.63, 3.8) is 0 Å². The number of carbonyl (C=O) groups is 1. The van der Waals surface area contributed by atoms with Crippen LogP contribution in [0.25, 0.3) is 0 Å². The van der Waals surface area contributed by atoms with Crippen LogP contribution in [0.15, 0.2) is 58.4 Å². The van der Waals surface area contributed by atoms with Crippen LogP contribution in [0.2, 0.25) is 0 Å². The van der Waals surface area contributed by atoms with Crippen LogP contribution in [-0.4, -0.2) is 26.5 Å². The first-order valence-electron chi connectivity index (χ1n) is 9.21. The molecular weight excluding hydrogens is 372 g/mol. The van der Waals surface area contributed by atoms with Crippen molar-refractivity contribution in [2.45, 2.75) is 37.8 Å². The molecule has 0 saturated heterocycles. The average Bonchev–Trinajstić information content (AvgIpc) is 2.64. The second-order valence-electron chi connectivity index (χ2n) is 7.90. The molecule has 1 aliphatic carbocycles.